The van der Waals surface area contributed by atoms with Crippen molar-refractivity contribution in [2.24, 2.45) is 0 Å². The van der Waals surface area contributed by atoms with Gasteiger partial charge in [0.25, 0.3) is 0 Å². The van der Waals surface area contributed by atoms with E-state index in [-0.39, 0.29) is 24.1 Å². The molecule has 0 spiro atoms. The number of hydrogen-bond acceptors (Lipinski definition) is 3. The van der Waals surface area contributed by atoms with Gasteiger partial charge in [-0.1, -0.05) is 53.0 Å². The van der Waals surface area contributed by atoms with E-state index in [2.05, 4.69) is 5.32 Å². The van der Waals surface area contributed by atoms with Crippen LogP contribution in [-0.2, 0) is 21.9 Å². The summed E-state index contributed by atoms with van der Waals surface area (Å²) < 4.78 is 0. The molecule has 2 rings (SSSR count). The number of carbonyl (C=O) groups is 2. The zero-order valence-corrected chi connectivity index (χ0v) is 18.6. The second kappa shape index (κ2) is 11.0. The van der Waals surface area contributed by atoms with Gasteiger partial charge in [-0.3, -0.25) is 9.59 Å². The molecule has 0 bridgehead atoms. The number of nitrogens with zero attached hydrogens (tertiary/aromatic N) is 1. The van der Waals surface area contributed by atoms with E-state index in [9.17, 15) is 9.59 Å². The number of carbonyl (C=O) groups excluding carboxylic acids is 2. The zero-order valence-electron chi connectivity index (χ0n) is 15.5. The van der Waals surface area contributed by atoms with Gasteiger partial charge in [-0.2, -0.15) is 0 Å². The Hall–Kier alpha value is -1.40. The first kappa shape index (κ1) is 22.9. The molecule has 0 aliphatic heterocycles. The maximum absolute atomic E-state index is 12.9. The smallest absolute Gasteiger partial charge is 0.242 e. The van der Waals surface area contributed by atoms with Crippen molar-refractivity contribution in [3.63, 3.8) is 0 Å². The van der Waals surface area contributed by atoms with Crippen molar-refractivity contribution in [2.45, 2.75) is 25.3 Å². The highest BCUT2D eigenvalue weighted by Crippen LogP contribution is 2.24. The molecule has 4 nitrogen and oxygen atoms in total. The van der Waals surface area contributed by atoms with Crippen molar-refractivity contribution >= 4 is 58.4 Å². The van der Waals surface area contributed by atoms with Gasteiger partial charge >= 0.3 is 0 Å². The van der Waals surface area contributed by atoms with Gasteiger partial charge in [0.05, 0.1) is 5.75 Å². The highest BCUT2D eigenvalue weighted by Gasteiger charge is 2.26. The number of likely N-dealkylation sites (N-methyl/N-ethyl adjacent to an activating group) is 1. The first-order valence-electron chi connectivity index (χ1n) is 8.59. The molecule has 0 aliphatic rings. The fourth-order valence-electron chi connectivity index (χ4n) is 2.54. The molecule has 28 heavy (non-hydrogen) atoms. The lowest BCUT2D eigenvalue weighted by atomic mass is 10.1. The molecule has 0 heterocycles. The molecule has 150 valence electrons. The Kier molecular flexibility index (Phi) is 8.96. The van der Waals surface area contributed by atoms with E-state index in [4.69, 9.17) is 34.8 Å². The molecule has 0 saturated heterocycles. The number of halogens is 3. The summed E-state index contributed by atoms with van der Waals surface area (Å²) >= 11 is 19.6. The predicted octanol–water partition coefficient (Wildman–Crippen LogP) is 5.04. The second-order valence-electron chi connectivity index (χ2n) is 6.17. The molecule has 2 aromatic rings. The van der Waals surface area contributed by atoms with Crippen LogP contribution >= 0.6 is 46.6 Å². The molecule has 2 amide bonds. The molecule has 1 N–H and O–H groups in total. The molecule has 1 atom stereocenters. The average Bonchev–Trinajstić information content (AvgIpc) is 2.67. The van der Waals surface area contributed by atoms with E-state index in [1.165, 1.54) is 16.7 Å². The Labute approximate surface area is 184 Å². The van der Waals surface area contributed by atoms with Gasteiger partial charge in [-0.15, -0.1) is 11.8 Å². The van der Waals surface area contributed by atoms with Crippen LogP contribution in [0.5, 0.6) is 0 Å². The van der Waals surface area contributed by atoms with E-state index in [0.717, 1.165) is 11.1 Å². The van der Waals surface area contributed by atoms with Gasteiger partial charge in [-0.25, -0.2) is 0 Å². The molecule has 2 aromatic carbocycles. The normalized spacial score (nSPS) is 11.8. The highest BCUT2D eigenvalue weighted by atomic mass is 35.5. The Bertz CT molecular complexity index is 831. The van der Waals surface area contributed by atoms with E-state index in [0.29, 0.717) is 20.8 Å². The number of amides is 2. The average molecular weight is 460 g/mol. The third-order valence-corrected chi connectivity index (χ3v) is 6.00. The molecule has 0 radical (unpaired) electrons. The number of benzene rings is 2. The molecule has 0 fully saturated rings. The number of rotatable bonds is 8. The Balaban J connectivity index is 2.07. The highest BCUT2D eigenvalue weighted by molar-refractivity contribution is 7.99. The molecule has 8 heteroatoms. The molecule has 0 unspecified atom stereocenters. The van der Waals surface area contributed by atoms with E-state index < -0.39 is 6.04 Å². The first-order chi connectivity index (χ1) is 13.3. The van der Waals surface area contributed by atoms with Gasteiger partial charge in [0.2, 0.25) is 11.8 Å². The largest absolute Gasteiger partial charge is 0.357 e. The minimum absolute atomic E-state index is 0.138. The van der Waals surface area contributed by atoms with Crippen molar-refractivity contribution in [1.29, 1.82) is 0 Å². The van der Waals surface area contributed by atoms with Crippen LogP contribution in [0.1, 0.15) is 18.1 Å². The van der Waals surface area contributed by atoms with Gasteiger partial charge in [0, 0.05) is 34.4 Å². The van der Waals surface area contributed by atoms with Crippen LogP contribution in [0.2, 0.25) is 15.1 Å². The maximum Gasteiger partial charge on any atom is 0.242 e. The van der Waals surface area contributed by atoms with Crippen LogP contribution in [0.3, 0.4) is 0 Å². The molecule has 0 saturated carbocycles. The van der Waals surface area contributed by atoms with Crippen LogP contribution in [0, 0.1) is 0 Å². The van der Waals surface area contributed by atoms with Crippen molar-refractivity contribution in [3.05, 3.63) is 68.7 Å². The summed E-state index contributed by atoms with van der Waals surface area (Å²) in [5.41, 5.74) is 1.81. The number of thioether (sulfide) groups is 1. The van der Waals surface area contributed by atoms with Crippen molar-refractivity contribution in [2.75, 3.05) is 12.8 Å². The summed E-state index contributed by atoms with van der Waals surface area (Å²) in [4.78, 5) is 26.5. The van der Waals surface area contributed by atoms with E-state index in [1.807, 2.05) is 24.3 Å². The Morgan fingerprint density at radius 3 is 2.32 bits per heavy atom. The lowest BCUT2D eigenvalue weighted by molar-refractivity contribution is -0.138. The van der Waals surface area contributed by atoms with Crippen LogP contribution in [0.4, 0.5) is 0 Å². The SMILES string of the molecule is CNC(=O)[C@@H](C)N(Cc1ccc(Cl)cc1Cl)C(=O)CSCc1ccc(Cl)cc1. The summed E-state index contributed by atoms with van der Waals surface area (Å²) in [6.45, 7) is 1.93. The monoisotopic (exact) mass is 458 g/mol. The van der Waals surface area contributed by atoms with Crippen LogP contribution < -0.4 is 5.32 Å². The predicted molar refractivity (Wildman–Crippen MR) is 118 cm³/mol. The number of hydrogen-bond donors (Lipinski definition) is 1. The minimum Gasteiger partial charge on any atom is -0.357 e. The first-order valence-corrected chi connectivity index (χ1v) is 10.9. The quantitative estimate of drug-likeness (QED) is 0.601. The summed E-state index contributed by atoms with van der Waals surface area (Å²) in [6, 6.07) is 12.0. The Morgan fingerprint density at radius 2 is 1.71 bits per heavy atom. The third kappa shape index (κ3) is 6.59. The standard InChI is InChI=1S/C20H21Cl3N2O2S/c1-13(20(27)24-2)25(10-15-5-8-17(22)9-18(15)23)19(26)12-28-11-14-3-6-16(21)7-4-14/h3-9,13H,10-12H2,1-2H3,(H,24,27)/t13-/m1/s1. The topological polar surface area (TPSA) is 49.4 Å². The van der Waals surface area contributed by atoms with Crippen LogP contribution in [-0.4, -0.2) is 35.6 Å². The molecular formula is C20H21Cl3N2O2S. The van der Waals surface area contributed by atoms with E-state index >= 15 is 0 Å². The van der Waals surface area contributed by atoms with Gasteiger partial charge < -0.3 is 10.2 Å². The van der Waals surface area contributed by atoms with Crippen LogP contribution in [0.15, 0.2) is 42.5 Å². The van der Waals surface area contributed by atoms with E-state index in [1.54, 1.807) is 32.2 Å². The number of nitrogens with one attached hydrogen (secondary N) is 1. The van der Waals surface area contributed by atoms with Gasteiger partial charge in [0.1, 0.15) is 6.04 Å². The fourth-order valence-corrected chi connectivity index (χ4v) is 4.01. The second-order valence-corrected chi connectivity index (χ2v) is 8.43. The lowest BCUT2D eigenvalue weighted by Crippen LogP contribution is -2.47. The molecular weight excluding hydrogens is 439 g/mol. The van der Waals surface area contributed by atoms with Gasteiger partial charge in [0.15, 0.2) is 0 Å². The molecule has 0 aliphatic carbocycles. The summed E-state index contributed by atoms with van der Waals surface area (Å²) in [6.07, 6.45) is 0. The molecule has 0 aromatic heterocycles. The van der Waals surface area contributed by atoms with Gasteiger partial charge in [-0.05, 0) is 42.3 Å². The fraction of sp³-hybridized carbons (Fsp3) is 0.300. The summed E-state index contributed by atoms with van der Waals surface area (Å²) in [7, 11) is 1.55. The maximum atomic E-state index is 12.9. The summed E-state index contributed by atoms with van der Waals surface area (Å²) in [5.74, 6) is 0.546. The third-order valence-electron chi connectivity index (χ3n) is 4.18. The van der Waals surface area contributed by atoms with Crippen molar-refractivity contribution < 1.29 is 9.59 Å². The van der Waals surface area contributed by atoms with Crippen LogP contribution in [0.25, 0.3) is 0 Å². The Morgan fingerprint density at radius 1 is 1.07 bits per heavy atom. The van der Waals surface area contributed by atoms with Crippen molar-refractivity contribution in [1.82, 2.24) is 10.2 Å². The minimum atomic E-state index is -0.625. The zero-order chi connectivity index (χ0) is 20.7. The van der Waals surface area contributed by atoms with Crippen molar-refractivity contribution in [3.8, 4) is 0 Å². The lowest BCUT2D eigenvalue weighted by Gasteiger charge is -2.28. The summed E-state index contributed by atoms with van der Waals surface area (Å²) in [5, 5.41) is 4.25.